The van der Waals surface area contributed by atoms with Gasteiger partial charge in [0.2, 0.25) is 0 Å². The highest BCUT2D eigenvalue weighted by atomic mass is 13.9. The van der Waals surface area contributed by atoms with Crippen LogP contribution in [0.15, 0.2) is 0 Å². The first-order valence-corrected chi connectivity index (χ1v) is 7.18. The standard InChI is InChI=1S/C8H18.C7H16/c1-3-5-7-8-6-4-2;1-4-5-6-7(2)3/h3-8H2,1-2H3;7H,4-6H2,1-3H3. The van der Waals surface area contributed by atoms with Crippen molar-refractivity contribution < 1.29 is 0 Å². The highest BCUT2D eigenvalue weighted by molar-refractivity contribution is 4.42. The average Bonchev–Trinajstić information content (AvgIpc) is 2.22. The summed E-state index contributed by atoms with van der Waals surface area (Å²) in [6.07, 6.45) is 12.6. The van der Waals surface area contributed by atoms with Crippen LogP contribution in [0.4, 0.5) is 0 Å². The van der Waals surface area contributed by atoms with Gasteiger partial charge >= 0.3 is 0 Å². The normalized spacial score (nSPS) is 10.0. The Hall–Kier alpha value is 0. The molecule has 0 heterocycles. The van der Waals surface area contributed by atoms with E-state index in [9.17, 15) is 0 Å². The Bertz CT molecular complexity index is 78.0. The molecule has 94 valence electrons. The monoisotopic (exact) mass is 214 g/mol. The van der Waals surface area contributed by atoms with Crippen molar-refractivity contribution in [1.29, 1.82) is 0 Å². The molecule has 0 amide bonds. The summed E-state index contributed by atoms with van der Waals surface area (Å²) in [5, 5.41) is 0. The van der Waals surface area contributed by atoms with Gasteiger partial charge in [-0.1, -0.05) is 92.4 Å². The molecule has 0 aromatic carbocycles. The minimum absolute atomic E-state index is 0.903. The largest absolute Gasteiger partial charge is 0.0654 e. The third-order valence-corrected chi connectivity index (χ3v) is 2.59. The molecule has 0 aromatic heterocycles. The average molecular weight is 214 g/mol. The van der Waals surface area contributed by atoms with Crippen LogP contribution < -0.4 is 0 Å². The van der Waals surface area contributed by atoms with Gasteiger partial charge in [-0.3, -0.25) is 0 Å². The molecule has 15 heavy (non-hydrogen) atoms. The van der Waals surface area contributed by atoms with Crippen LogP contribution in [0.5, 0.6) is 0 Å². The van der Waals surface area contributed by atoms with E-state index < -0.39 is 0 Å². The van der Waals surface area contributed by atoms with Gasteiger partial charge in [0.1, 0.15) is 0 Å². The summed E-state index contributed by atoms with van der Waals surface area (Å²) in [4.78, 5) is 0. The summed E-state index contributed by atoms with van der Waals surface area (Å²) in [6, 6.07) is 0. The predicted octanol–water partition coefficient (Wildman–Crippen LogP) is 6.20. The topological polar surface area (TPSA) is 0 Å². The molecule has 0 aromatic rings. The van der Waals surface area contributed by atoms with Gasteiger partial charge in [-0.15, -0.1) is 0 Å². The lowest BCUT2D eigenvalue weighted by molar-refractivity contribution is 0.550. The zero-order valence-corrected chi connectivity index (χ0v) is 11.9. The second-order valence-corrected chi connectivity index (χ2v) is 4.95. The number of unbranched alkanes of at least 4 members (excludes halogenated alkanes) is 6. The van der Waals surface area contributed by atoms with Crippen LogP contribution in [0.2, 0.25) is 0 Å². The maximum Gasteiger partial charge on any atom is -0.0471 e. The first kappa shape index (κ1) is 17.4. The van der Waals surface area contributed by atoms with E-state index in [0.29, 0.717) is 0 Å². The zero-order chi connectivity index (χ0) is 11.9. The van der Waals surface area contributed by atoms with Crippen LogP contribution in [-0.2, 0) is 0 Å². The molecule has 0 heteroatoms. The molecule has 0 saturated carbocycles. The van der Waals surface area contributed by atoms with E-state index >= 15 is 0 Å². The van der Waals surface area contributed by atoms with E-state index in [0.717, 1.165) is 5.92 Å². The molecule has 0 aliphatic rings. The van der Waals surface area contributed by atoms with Gasteiger partial charge in [0.15, 0.2) is 0 Å². The Kier molecular flexibility index (Phi) is 19.1. The Labute approximate surface area is 98.9 Å². The summed E-state index contributed by atoms with van der Waals surface area (Å²) in [7, 11) is 0. The molecule has 0 atom stereocenters. The van der Waals surface area contributed by atoms with E-state index in [1.54, 1.807) is 0 Å². The highest BCUT2D eigenvalue weighted by Crippen LogP contribution is 2.04. The van der Waals surface area contributed by atoms with E-state index in [-0.39, 0.29) is 0 Å². The molecule has 0 N–H and O–H groups in total. The van der Waals surface area contributed by atoms with Crippen LogP contribution in [0.1, 0.15) is 92.4 Å². The van der Waals surface area contributed by atoms with Crippen LogP contribution in [0.25, 0.3) is 0 Å². The fraction of sp³-hybridized carbons (Fsp3) is 1.00. The first-order chi connectivity index (χ1) is 7.18. The van der Waals surface area contributed by atoms with Gasteiger partial charge in [-0.2, -0.15) is 0 Å². The lowest BCUT2D eigenvalue weighted by atomic mass is 10.1. The Morgan fingerprint density at radius 2 is 1.00 bits per heavy atom. The van der Waals surface area contributed by atoms with Crippen molar-refractivity contribution in [2.45, 2.75) is 92.4 Å². The van der Waals surface area contributed by atoms with Crippen LogP contribution in [0.3, 0.4) is 0 Å². The molecular formula is C15H34. The maximum atomic E-state index is 2.27. The quantitative estimate of drug-likeness (QED) is 0.422. The minimum Gasteiger partial charge on any atom is -0.0654 e. The lowest BCUT2D eigenvalue weighted by Gasteiger charge is -1.98. The zero-order valence-electron chi connectivity index (χ0n) is 11.9. The fourth-order valence-corrected chi connectivity index (χ4v) is 1.47. The third kappa shape index (κ3) is 24.9. The van der Waals surface area contributed by atoms with E-state index in [2.05, 4.69) is 34.6 Å². The van der Waals surface area contributed by atoms with Crippen LogP contribution in [-0.4, -0.2) is 0 Å². The molecule has 0 radical (unpaired) electrons. The second kappa shape index (κ2) is 16.4. The van der Waals surface area contributed by atoms with Gasteiger partial charge in [-0.05, 0) is 5.92 Å². The molecule has 0 bridgehead atoms. The Morgan fingerprint density at radius 1 is 0.600 bits per heavy atom. The predicted molar refractivity (Wildman–Crippen MR) is 73.4 cm³/mol. The Morgan fingerprint density at radius 3 is 1.20 bits per heavy atom. The molecule has 0 fully saturated rings. The van der Waals surface area contributed by atoms with Crippen molar-refractivity contribution in [2.75, 3.05) is 0 Å². The summed E-state index contributed by atoms with van der Waals surface area (Å²) in [5.74, 6) is 0.903. The number of rotatable bonds is 8. The van der Waals surface area contributed by atoms with Crippen molar-refractivity contribution in [3.8, 4) is 0 Å². The number of hydrogen-bond acceptors (Lipinski definition) is 0. The van der Waals surface area contributed by atoms with Crippen molar-refractivity contribution in [2.24, 2.45) is 5.92 Å². The van der Waals surface area contributed by atoms with Crippen molar-refractivity contribution in [3.63, 3.8) is 0 Å². The highest BCUT2D eigenvalue weighted by Gasteiger charge is 1.88. The summed E-state index contributed by atoms with van der Waals surface area (Å²) in [6.45, 7) is 11.3. The molecule has 0 saturated heterocycles. The van der Waals surface area contributed by atoms with Gasteiger partial charge in [0.05, 0.1) is 0 Å². The van der Waals surface area contributed by atoms with Gasteiger partial charge < -0.3 is 0 Å². The Balaban J connectivity index is 0. The van der Waals surface area contributed by atoms with E-state index in [1.165, 1.54) is 57.8 Å². The SMILES string of the molecule is CCCCC(C)C.CCCCCCCC. The minimum atomic E-state index is 0.903. The molecule has 0 aliphatic carbocycles. The van der Waals surface area contributed by atoms with Crippen molar-refractivity contribution >= 4 is 0 Å². The van der Waals surface area contributed by atoms with E-state index in [1.807, 2.05) is 0 Å². The summed E-state index contributed by atoms with van der Waals surface area (Å²) >= 11 is 0. The molecule has 0 rings (SSSR count). The van der Waals surface area contributed by atoms with Crippen LogP contribution in [0, 0.1) is 5.92 Å². The maximum absolute atomic E-state index is 2.27. The molecule has 0 aliphatic heterocycles. The summed E-state index contributed by atoms with van der Waals surface area (Å²) < 4.78 is 0. The smallest absolute Gasteiger partial charge is 0.0471 e. The summed E-state index contributed by atoms with van der Waals surface area (Å²) in [5.41, 5.74) is 0. The third-order valence-electron chi connectivity index (χ3n) is 2.59. The lowest BCUT2D eigenvalue weighted by Crippen LogP contribution is -1.83. The molecular weight excluding hydrogens is 180 g/mol. The van der Waals surface area contributed by atoms with Crippen LogP contribution >= 0.6 is 0 Å². The number of hydrogen-bond donors (Lipinski definition) is 0. The molecule has 0 nitrogen and oxygen atoms in total. The molecule has 0 unspecified atom stereocenters. The van der Waals surface area contributed by atoms with Gasteiger partial charge in [0.25, 0.3) is 0 Å². The van der Waals surface area contributed by atoms with Crippen molar-refractivity contribution in [1.82, 2.24) is 0 Å². The first-order valence-electron chi connectivity index (χ1n) is 7.18. The molecule has 0 spiro atoms. The fourth-order valence-electron chi connectivity index (χ4n) is 1.47. The van der Waals surface area contributed by atoms with Crippen molar-refractivity contribution in [3.05, 3.63) is 0 Å². The van der Waals surface area contributed by atoms with E-state index in [4.69, 9.17) is 0 Å². The van der Waals surface area contributed by atoms with Gasteiger partial charge in [0, 0.05) is 0 Å². The second-order valence-electron chi connectivity index (χ2n) is 4.95. The van der Waals surface area contributed by atoms with Gasteiger partial charge in [-0.25, -0.2) is 0 Å².